The van der Waals surface area contributed by atoms with E-state index < -0.39 is 21.0 Å². The van der Waals surface area contributed by atoms with Crippen molar-refractivity contribution in [3.05, 3.63) is 64.1 Å². The monoisotopic (exact) mass is 519 g/mol. The molecule has 1 aromatic heterocycles. The van der Waals surface area contributed by atoms with Crippen molar-refractivity contribution in [2.75, 3.05) is 20.2 Å². The molecule has 2 aromatic rings. The largest absolute Gasteiger partial charge is 0.497 e. The van der Waals surface area contributed by atoms with Gasteiger partial charge in [0.15, 0.2) is 0 Å². The average molecular weight is 520 g/mol. The van der Waals surface area contributed by atoms with Crippen molar-refractivity contribution in [2.45, 2.75) is 57.2 Å². The maximum Gasteiger partial charge on any atom is 0.299 e. The molecule has 2 aliphatic rings. The van der Waals surface area contributed by atoms with Crippen molar-refractivity contribution in [3.8, 4) is 5.75 Å². The molecule has 8 nitrogen and oxygen atoms in total. The Kier molecular flexibility index (Phi) is 7.26. The Hall–Kier alpha value is -2.43. The quantitative estimate of drug-likeness (QED) is 0.511. The Morgan fingerprint density at radius 2 is 1.94 bits per heavy atom. The number of carbonyl (C=O) groups is 1. The lowest BCUT2D eigenvalue weighted by Gasteiger charge is -2.32. The molecule has 4 rings (SSSR count). The van der Waals surface area contributed by atoms with Crippen LogP contribution >= 0.6 is 11.8 Å². The fourth-order valence-electron chi connectivity index (χ4n) is 4.56. The van der Waals surface area contributed by atoms with E-state index in [-0.39, 0.29) is 12.5 Å². The predicted molar refractivity (Wildman–Crippen MR) is 137 cm³/mol. The van der Waals surface area contributed by atoms with Gasteiger partial charge in [0.2, 0.25) is 5.91 Å². The van der Waals surface area contributed by atoms with Crippen LogP contribution in [0.3, 0.4) is 0 Å². The lowest BCUT2D eigenvalue weighted by atomic mass is 9.94. The third-order valence-corrected chi connectivity index (χ3v) is 8.95. The summed E-state index contributed by atoms with van der Waals surface area (Å²) in [5.41, 5.74) is 1.49. The zero-order valence-electron chi connectivity index (χ0n) is 20.6. The van der Waals surface area contributed by atoms with E-state index in [2.05, 4.69) is 0 Å². The van der Waals surface area contributed by atoms with Crippen LogP contribution in [0, 0.1) is 13.8 Å². The van der Waals surface area contributed by atoms with Crippen LogP contribution in [0.4, 0.5) is 0 Å². The van der Waals surface area contributed by atoms with Gasteiger partial charge in [-0.3, -0.25) is 4.79 Å². The second-order valence-corrected chi connectivity index (χ2v) is 12.2. The number of hydrogen-bond acceptors (Lipinski definition) is 6. The van der Waals surface area contributed by atoms with Gasteiger partial charge in [-0.2, -0.15) is 8.42 Å². The number of allylic oxidation sites excluding steroid dienone is 1. The van der Waals surface area contributed by atoms with Gasteiger partial charge < -0.3 is 14.1 Å². The van der Waals surface area contributed by atoms with Crippen molar-refractivity contribution >= 4 is 27.9 Å². The zero-order valence-corrected chi connectivity index (χ0v) is 22.2. The Morgan fingerprint density at radius 3 is 2.49 bits per heavy atom. The van der Waals surface area contributed by atoms with Crippen LogP contribution in [0.15, 0.2) is 45.9 Å². The van der Waals surface area contributed by atoms with Crippen LogP contribution in [-0.4, -0.2) is 49.1 Å². The second kappa shape index (κ2) is 9.91. The fraction of sp³-hybridized carbons (Fsp3) is 0.480. The summed E-state index contributed by atoms with van der Waals surface area (Å²) in [6.45, 7) is 6.54. The summed E-state index contributed by atoms with van der Waals surface area (Å²) in [4.78, 5) is 16.6. The first kappa shape index (κ1) is 25.7. The van der Waals surface area contributed by atoms with Gasteiger partial charge in [0.05, 0.1) is 19.1 Å². The van der Waals surface area contributed by atoms with Crippen molar-refractivity contribution in [3.63, 3.8) is 0 Å². The number of nitrogens with two attached hydrogens (primary N) is 1. The van der Waals surface area contributed by atoms with E-state index in [1.165, 1.54) is 22.3 Å². The van der Waals surface area contributed by atoms with E-state index in [4.69, 9.17) is 14.3 Å². The minimum Gasteiger partial charge on any atom is -0.497 e. The number of ether oxygens (including phenoxy) is 1. The van der Waals surface area contributed by atoms with Gasteiger partial charge in [-0.1, -0.05) is 12.1 Å². The fourth-order valence-corrected chi connectivity index (χ4v) is 6.84. The van der Waals surface area contributed by atoms with Crippen molar-refractivity contribution < 1.29 is 22.4 Å². The van der Waals surface area contributed by atoms with E-state index in [0.717, 1.165) is 46.1 Å². The molecule has 1 aliphatic heterocycles. The molecule has 35 heavy (non-hydrogen) atoms. The molecular weight excluding hydrogens is 486 g/mol. The normalized spacial score (nSPS) is 18.9. The molecule has 1 aliphatic carbocycles. The molecule has 1 fully saturated rings. The molecule has 0 saturated heterocycles. The van der Waals surface area contributed by atoms with E-state index >= 15 is 0 Å². The number of furan rings is 1. The molecule has 2 heterocycles. The molecule has 1 saturated carbocycles. The SMILES string of the molecule is COc1ccc(C2(C(=O)N(CCCc3cc(C)c(C)o3)CC3SC(C)=CN3S(N)(=O)=O)CC2)cc1. The van der Waals surface area contributed by atoms with Crippen LogP contribution in [-0.2, 0) is 26.8 Å². The molecular formula is C25H33N3O5S2. The van der Waals surface area contributed by atoms with Gasteiger partial charge in [0.1, 0.15) is 22.6 Å². The van der Waals surface area contributed by atoms with E-state index in [0.29, 0.717) is 19.4 Å². The van der Waals surface area contributed by atoms with Crippen LogP contribution in [0.2, 0.25) is 0 Å². The lowest BCUT2D eigenvalue weighted by molar-refractivity contribution is -0.134. The Morgan fingerprint density at radius 1 is 1.26 bits per heavy atom. The van der Waals surface area contributed by atoms with Crippen molar-refractivity contribution in [2.24, 2.45) is 5.14 Å². The molecule has 2 N–H and O–H groups in total. The smallest absolute Gasteiger partial charge is 0.299 e. The number of aryl methyl sites for hydroxylation is 3. The molecule has 10 heteroatoms. The van der Waals surface area contributed by atoms with Crippen LogP contribution in [0.1, 0.15) is 48.8 Å². The highest BCUT2D eigenvalue weighted by atomic mass is 32.2. The van der Waals surface area contributed by atoms with Crippen LogP contribution < -0.4 is 9.88 Å². The van der Waals surface area contributed by atoms with Gasteiger partial charge in [-0.25, -0.2) is 9.44 Å². The third-order valence-electron chi connectivity index (χ3n) is 6.74. The molecule has 1 aromatic carbocycles. The summed E-state index contributed by atoms with van der Waals surface area (Å²) in [6.07, 6.45) is 4.47. The zero-order chi connectivity index (χ0) is 25.4. The number of carbonyl (C=O) groups excluding carboxylic acids is 1. The summed E-state index contributed by atoms with van der Waals surface area (Å²) in [5, 5.41) is 4.97. The Labute approximate surface area is 211 Å². The molecule has 0 spiro atoms. The standard InChI is InChI=1S/C25H33N3O5S2/c1-17-14-22(33-19(17)3)6-5-13-27(16-23-28(35(26,30)31)15-18(2)34-23)24(29)25(11-12-25)20-7-9-21(32-4)10-8-20/h7-10,14-15,23H,5-6,11-13,16H2,1-4H3,(H2,26,30,31). The van der Waals surface area contributed by atoms with Crippen molar-refractivity contribution in [1.82, 2.24) is 9.21 Å². The van der Waals surface area contributed by atoms with Gasteiger partial charge in [-0.05, 0) is 69.4 Å². The highest BCUT2D eigenvalue weighted by molar-refractivity contribution is 8.04. The number of thioether (sulfide) groups is 1. The van der Waals surface area contributed by atoms with Gasteiger partial charge >= 0.3 is 0 Å². The molecule has 1 atom stereocenters. The van der Waals surface area contributed by atoms with E-state index in [1.54, 1.807) is 7.11 Å². The summed E-state index contributed by atoms with van der Waals surface area (Å²) in [7, 11) is -2.32. The van der Waals surface area contributed by atoms with Gasteiger partial charge in [-0.15, -0.1) is 11.8 Å². The summed E-state index contributed by atoms with van der Waals surface area (Å²) in [6, 6.07) is 9.67. The van der Waals surface area contributed by atoms with Gasteiger partial charge in [0.25, 0.3) is 10.2 Å². The molecule has 0 bridgehead atoms. The number of hydrogen-bond donors (Lipinski definition) is 1. The first-order valence-electron chi connectivity index (χ1n) is 11.7. The minimum atomic E-state index is -3.93. The number of nitrogens with zero attached hydrogens (tertiary/aromatic N) is 2. The number of rotatable bonds is 10. The highest BCUT2D eigenvalue weighted by Crippen LogP contribution is 2.50. The second-order valence-electron chi connectivity index (χ2n) is 9.30. The summed E-state index contributed by atoms with van der Waals surface area (Å²) < 4.78 is 36.6. The maximum absolute atomic E-state index is 14.0. The van der Waals surface area contributed by atoms with Crippen molar-refractivity contribution in [1.29, 1.82) is 0 Å². The Bertz CT molecular complexity index is 1200. The van der Waals surface area contributed by atoms with E-state index in [9.17, 15) is 13.2 Å². The average Bonchev–Trinajstić information content (AvgIpc) is 3.44. The predicted octanol–water partition coefficient (Wildman–Crippen LogP) is 3.84. The maximum atomic E-state index is 14.0. The molecule has 1 amide bonds. The van der Waals surface area contributed by atoms with Crippen LogP contribution in [0.5, 0.6) is 5.75 Å². The molecule has 1 unspecified atom stereocenters. The third kappa shape index (κ3) is 5.54. The lowest BCUT2D eigenvalue weighted by Crippen LogP contribution is -2.48. The number of benzene rings is 1. The number of methoxy groups -OCH3 is 1. The molecule has 0 radical (unpaired) electrons. The Balaban J connectivity index is 1.54. The first-order valence-corrected chi connectivity index (χ1v) is 14.1. The summed E-state index contributed by atoms with van der Waals surface area (Å²) in [5.74, 6) is 2.55. The first-order chi connectivity index (χ1) is 16.5. The highest BCUT2D eigenvalue weighted by Gasteiger charge is 2.53. The minimum absolute atomic E-state index is 0.0222. The molecule has 190 valence electrons. The number of amides is 1. The topological polar surface area (TPSA) is 106 Å². The summed E-state index contributed by atoms with van der Waals surface area (Å²) >= 11 is 1.41. The van der Waals surface area contributed by atoms with Gasteiger partial charge in [0, 0.05) is 24.1 Å². The van der Waals surface area contributed by atoms with Crippen LogP contribution in [0.25, 0.3) is 0 Å². The van der Waals surface area contributed by atoms with E-state index in [1.807, 2.05) is 56.0 Å².